The molecule has 0 aliphatic heterocycles. The van der Waals surface area contributed by atoms with Crippen molar-refractivity contribution in [2.75, 3.05) is 37.4 Å². The van der Waals surface area contributed by atoms with Gasteiger partial charge in [0, 0.05) is 37.2 Å². The SMILES string of the molecule is COCCCNC(=O)c1cccc(NC(=O)CNc2c(C)cc(C)cc2C)c1. The second kappa shape index (κ2) is 10.5. The fourth-order valence-corrected chi connectivity index (χ4v) is 3.09. The zero-order valence-electron chi connectivity index (χ0n) is 17.0. The number of rotatable bonds is 9. The Morgan fingerprint density at radius 3 is 2.43 bits per heavy atom. The first-order valence-electron chi connectivity index (χ1n) is 9.39. The summed E-state index contributed by atoms with van der Waals surface area (Å²) in [6, 6.07) is 11.1. The summed E-state index contributed by atoms with van der Waals surface area (Å²) in [6.07, 6.45) is 0.752. The summed E-state index contributed by atoms with van der Waals surface area (Å²) >= 11 is 0. The van der Waals surface area contributed by atoms with Crippen molar-refractivity contribution in [1.82, 2.24) is 5.32 Å². The third-order valence-electron chi connectivity index (χ3n) is 4.32. The van der Waals surface area contributed by atoms with Crippen molar-refractivity contribution in [1.29, 1.82) is 0 Å². The average Bonchev–Trinajstić information content (AvgIpc) is 2.64. The number of amides is 2. The van der Waals surface area contributed by atoms with E-state index in [2.05, 4.69) is 35.0 Å². The molecule has 2 rings (SSSR count). The highest BCUT2D eigenvalue weighted by Crippen LogP contribution is 2.21. The van der Waals surface area contributed by atoms with Crippen LogP contribution in [0, 0.1) is 20.8 Å². The van der Waals surface area contributed by atoms with E-state index in [9.17, 15) is 9.59 Å². The fourth-order valence-electron chi connectivity index (χ4n) is 3.09. The van der Waals surface area contributed by atoms with Gasteiger partial charge in [0.15, 0.2) is 0 Å². The molecular weight excluding hydrogens is 354 g/mol. The Morgan fingerprint density at radius 1 is 1.04 bits per heavy atom. The van der Waals surface area contributed by atoms with Crippen LogP contribution >= 0.6 is 0 Å². The summed E-state index contributed by atoms with van der Waals surface area (Å²) in [6.45, 7) is 7.39. The van der Waals surface area contributed by atoms with Crippen molar-refractivity contribution >= 4 is 23.2 Å². The number of aryl methyl sites for hydroxylation is 3. The number of ether oxygens (including phenoxy) is 1. The molecule has 0 aliphatic carbocycles. The molecule has 0 heterocycles. The summed E-state index contributed by atoms with van der Waals surface area (Å²) in [5.74, 6) is -0.340. The van der Waals surface area contributed by atoms with Gasteiger partial charge in [-0.2, -0.15) is 0 Å². The first-order valence-corrected chi connectivity index (χ1v) is 9.39. The van der Waals surface area contributed by atoms with Crippen LogP contribution in [0.3, 0.4) is 0 Å². The van der Waals surface area contributed by atoms with Crippen LogP contribution in [0.25, 0.3) is 0 Å². The second-order valence-corrected chi connectivity index (χ2v) is 6.86. The molecular formula is C22H29N3O3. The third kappa shape index (κ3) is 6.39. The summed E-state index contributed by atoms with van der Waals surface area (Å²) in [4.78, 5) is 24.5. The fraction of sp³-hybridized carbons (Fsp3) is 0.364. The van der Waals surface area contributed by atoms with Gasteiger partial charge < -0.3 is 20.7 Å². The predicted octanol–water partition coefficient (Wildman–Crippen LogP) is 3.43. The van der Waals surface area contributed by atoms with Crippen molar-refractivity contribution in [3.05, 3.63) is 58.7 Å². The highest BCUT2D eigenvalue weighted by atomic mass is 16.5. The molecule has 6 heteroatoms. The molecule has 2 aromatic rings. The molecule has 2 amide bonds. The maximum absolute atomic E-state index is 12.3. The number of hydrogen-bond donors (Lipinski definition) is 3. The molecule has 0 saturated carbocycles. The van der Waals surface area contributed by atoms with Gasteiger partial charge in [0.05, 0.1) is 6.54 Å². The number of carbonyl (C=O) groups excluding carboxylic acids is 2. The molecule has 6 nitrogen and oxygen atoms in total. The van der Waals surface area contributed by atoms with Crippen LogP contribution in [0.2, 0.25) is 0 Å². The Bertz CT molecular complexity index is 811. The molecule has 0 radical (unpaired) electrons. The van der Waals surface area contributed by atoms with Crippen LogP contribution < -0.4 is 16.0 Å². The zero-order chi connectivity index (χ0) is 20.5. The molecule has 2 aromatic carbocycles. The Balaban J connectivity index is 1.91. The van der Waals surface area contributed by atoms with Gasteiger partial charge in [0.25, 0.3) is 5.91 Å². The standard InChI is InChI=1S/C22H29N3O3/c1-15-11-16(2)21(17(3)12-15)24-14-20(26)25-19-8-5-7-18(13-19)22(27)23-9-6-10-28-4/h5,7-8,11-13,24H,6,9-10,14H2,1-4H3,(H,23,27)(H,25,26). The average molecular weight is 383 g/mol. The number of hydrogen-bond acceptors (Lipinski definition) is 4. The monoisotopic (exact) mass is 383 g/mol. The van der Waals surface area contributed by atoms with Crippen LogP contribution in [0.1, 0.15) is 33.5 Å². The van der Waals surface area contributed by atoms with E-state index in [0.29, 0.717) is 24.4 Å². The van der Waals surface area contributed by atoms with Crippen LogP contribution in [0.4, 0.5) is 11.4 Å². The minimum atomic E-state index is -0.170. The quantitative estimate of drug-likeness (QED) is 0.580. The number of carbonyl (C=O) groups is 2. The Labute approximate surface area is 166 Å². The van der Waals surface area contributed by atoms with Gasteiger partial charge in [-0.05, 0) is 56.5 Å². The summed E-state index contributed by atoms with van der Waals surface area (Å²) in [7, 11) is 1.63. The van der Waals surface area contributed by atoms with Gasteiger partial charge in [-0.15, -0.1) is 0 Å². The van der Waals surface area contributed by atoms with E-state index in [4.69, 9.17) is 4.74 Å². The molecule has 150 valence electrons. The number of nitrogens with one attached hydrogen (secondary N) is 3. The normalized spacial score (nSPS) is 10.4. The molecule has 3 N–H and O–H groups in total. The molecule has 0 spiro atoms. The van der Waals surface area contributed by atoms with E-state index in [-0.39, 0.29) is 18.4 Å². The lowest BCUT2D eigenvalue weighted by Gasteiger charge is -2.14. The van der Waals surface area contributed by atoms with Gasteiger partial charge in [-0.1, -0.05) is 23.8 Å². The van der Waals surface area contributed by atoms with E-state index in [1.807, 2.05) is 13.8 Å². The van der Waals surface area contributed by atoms with E-state index in [0.717, 1.165) is 23.2 Å². The van der Waals surface area contributed by atoms with E-state index < -0.39 is 0 Å². The maximum Gasteiger partial charge on any atom is 0.251 e. The summed E-state index contributed by atoms with van der Waals surface area (Å²) in [5, 5.41) is 8.87. The lowest BCUT2D eigenvalue weighted by molar-refractivity contribution is -0.114. The molecule has 0 aliphatic rings. The summed E-state index contributed by atoms with van der Waals surface area (Å²) in [5.41, 5.74) is 5.49. The second-order valence-electron chi connectivity index (χ2n) is 6.86. The zero-order valence-corrected chi connectivity index (χ0v) is 17.0. The molecule has 0 fully saturated rings. The van der Waals surface area contributed by atoms with Crippen molar-refractivity contribution in [3.63, 3.8) is 0 Å². The van der Waals surface area contributed by atoms with Gasteiger partial charge in [0.2, 0.25) is 5.91 Å². The Hall–Kier alpha value is -2.86. The molecule has 0 atom stereocenters. The highest BCUT2D eigenvalue weighted by Gasteiger charge is 2.09. The van der Waals surface area contributed by atoms with Crippen molar-refractivity contribution in [2.45, 2.75) is 27.2 Å². The van der Waals surface area contributed by atoms with Gasteiger partial charge in [-0.25, -0.2) is 0 Å². The van der Waals surface area contributed by atoms with Gasteiger partial charge in [0.1, 0.15) is 0 Å². The number of anilines is 2. The Morgan fingerprint density at radius 2 is 1.75 bits per heavy atom. The first kappa shape index (κ1) is 21.4. The van der Waals surface area contributed by atoms with Gasteiger partial charge >= 0.3 is 0 Å². The molecule has 0 unspecified atom stereocenters. The molecule has 28 heavy (non-hydrogen) atoms. The predicted molar refractivity (Wildman–Crippen MR) is 113 cm³/mol. The first-order chi connectivity index (χ1) is 13.4. The van der Waals surface area contributed by atoms with E-state index in [1.165, 1.54) is 5.56 Å². The molecule has 0 saturated heterocycles. The highest BCUT2D eigenvalue weighted by molar-refractivity contribution is 5.98. The van der Waals surface area contributed by atoms with E-state index in [1.54, 1.807) is 31.4 Å². The van der Waals surface area contributed by atoms with Crippen LogP contribution in [-0.2, 0) is 9.53 Å². The van der Waals surface area contributed by atoms with Crippen LogP contribution in [0.5, 0.6) is 0 Å². The smallest absolute Gasteiger partial charge is 0.251 e. The molecule has 0 bridgehead atoms. The largest absolute Gasteiger partial charge is 0.385 e. The van der Waals surface area contributed by atoms with Crippen LogP contribution in [-0.4, -0.2) is 38.6 Å². The number of benzene rings is 2. The van der Waals surface area contributed by atoms with Gasteiger partial charge in [-0.3, -0.25) is 9.59 Å². The number of methoxy groups -OCH3 is 1. The third-order valence-corrected chi connectivity index (χ3v) is 4.32. The minimum absolute atomic E-state index is 0.151. The minimum Gasteiger partial charge on any atom is -0.385 e. The lowest BCUT2D eigenvalue weighted by atomic mass is 10.1. The van der Waals surface area contributed by atoms with Crippen molar-refractivity contribution in [3.8, 4) is 0 Å². The summed E-state index contributed by atoms with van der Waals surface area (Å²) < 4.78 is 4.96. The topological polar surface area (TPSA) is 79.5 Å². The van der Waals surface area contributed by atoms with Crippen molar-refractivity contribution < 1.29 is 14.3 Å². The van der Waals surface area contributed by atoms with Crippen LogP contribution in [0.15, 0.2) is 36.4 Å². The maximum atomic E-state index is 12.3. The van der Waals surface area contributed by atoms with Crippen molar-refractivity contribution in [2.24, 2.45) is 0 Å². The molecule has 0 aromatic heterocycles. The Kier molecular flexibility index (Phi) is 8.02. The van der Waals surface area contributed by atoms with E-state index >= 15 is 0 Å². The lowest BCUT2D eigenvalue weighted by Crippen LogP contribution is -2.26.